The van der Waals surface area contributed by atoms with Crippen LogP contribution in [-0.2, 0) is 11.2 Å². The number of nitrogens with one attached hydrogen (secondary N) is 1. The molecule has 1 aromatic heterocycles. The van der Waals surface area contributed by atoms with E-state index in [4.69, 9.17) is 15.2 Å². The highest BCUT2D eigenvalue weighted by atomic mass is 32.2. The van der Waals surface area contributed by atoms with Crippen LogP contribution in [0, 0.1) is 0 Å². The first kappa shape index (κ1) is 21.5. The maximum atomic E-state index is 12.9. The van der Waals surface area contributed by atoms with Gasteiger partial charge in [-0.3, -0.25) is 9.36 Å². The van der Waals surface area contributed by atoms with Gasteiger partial charge in [0, 0.05) is 11.8 Å². The smallest absolute Gasteiger partial charge is 0.247 e. The summed E-state index contributed by atoms with van der Waals surface area (Å²) in [6, 6.07) is 14.8. The minimum atomic E-state index is -0.606. The van der Waals surface area contributed by atoms with Crippen LogP contribution >= 0.6 is 11.8 Å². The quantitative estimate of drug-likeness (QED) is 0.504. The van der Waals surface area contributed by atoms with Crippen molar-refractivity contribution in [2.45, 2.75) is 24.5 Å². The minimum Gasteiger partial charge on any atom is -0.497 e. The largest absolute Gasteiger partial charge is 0.497 e. The fourth-order valence-electron chi connectivity index (χ4n) is 2.91. The number of carbonyl (C=O) groups excluding carboxylic acids is 1. The highest BCUT2D eigenvalue weighted by Crippen LogP contribution is 2.30. The molecule has 1 heterocycles. The molecule has 0 radical (unpaired) electrons. The van der Waals surface area contributed by atoms with Crippen molar-refractivity contribution in [2.75, 3.05) is 31.0 Å². The fraction of sp³-hybridized carbons (Fsp3) is 0.286. The van der Waals surface area contributed by atoms with Crippen LogP contribution in [0.5, 0.6) is 11.5 Å². The van der Waals surface area contributed by atoms with Crippen LogP contribution in [-0.4, -0.2) is 40.6 Å². The predicted molar refractivity (Wildman–Crippen MR) is 118 cm³/mol. The maximum absolute atomic E-state index is 12.9. The number of nitrogens with two attached hydrogens (primary N) is 1. The van der Waals surface area contributed by atoms with Gasteiger partial charge < -0.3 is 20.5 Å². The zero-order valence-electron chi connectivity index (χ0n) is 17.2. The molecule has 1 atom stereocenters. The number of carbonyl (C=O) groups is 1. The number of ether oxygens (including phenoxy) is 2. The number of aryl methyl sites for hydroxylation is 1. The van der Waals surface area contributed by atoms with E-state index in [0.717, 1.165) is 12.2 Å². The van der Waals surface area contributed by atoms with Crippen molar-refractivity contribution in [1.82, 2.24) is 14.8 Å². The topological polar surface area (TPSA) is 104 Å². The van der Waals surface area contributed by atoms with Crippen LogP contribution in [0.4, 0.5) is 11.6 Å². The minimum absolute atomic E-state index is 0.196. The molecule has 3 aromatic rings. The average Bonchev–Trinajstić information content (AvgIpc) is 3.14. The third-order valence-corrected chi connectivity index (χ3v) is 5.53. The van der Waals surface area contributed by atoms with Crippen molar-refractivity contribution < 1.29 is 14.3 Å². The van der Waals surface area contributed by atoms with Gasteiger partial charge in [-0.25, -0.2) is 0 Å². The molecule has 0 spiro atoms. The molecule has 0 aliphatic rings. The van der Waals surface area contributed by atoms with Crippen LogP contribution in [0.25, 0.3) is 0 Å². The van der Waals surface area contributed by atoms with Crippen LogP contribution in [0.15, 0.2) is 53.7 Å². The molecule has 8 nitrogen and oxygen atoms in total. The molecule has 9 heteroatoms. The number of nitrogens with zero attached hydrogens (tertiary/aromatic N) is 3. The monoisotopic (exact) mass is 427 g/mol. The van der Waals surface area contributed by atoms with Crippen molar-refractivity contribution in [2.24, 2.45) is 0 Å². The van der Waals surface area contributed by atoms with Crippen molar-refractivity contribution >= 4 is 29.3 Å². The summed E-state index contributed by atoms with van der Waals surface area (Å²) in [5, 5.41) is 11.6. The molecule has 0 saturated carbocycles. The van der Waals surface area contributed by atoms with E-state index in [1.165, 1.54) is 24.4 Å². The van der Waals surface area contributed by atoms with Crippen molar-refractivity contribution in [3.05, 3.63) is 54.1 Å². The normalized spacial score (nSPS) is 11.7. The number of anilines is 2. The van der Waals surface area contributed by atoms with E-state index >= 15 is 0 Å². The molecule has 0 aliphatic carbocycles. The molecular formula is C21H25N5O3S. The number of amides is 1. The molecule has 0 bridgehead atoms. The average molecular weight is 428 g/mol. The standard InChI is InChI=1S/C21H25N5O3S/c1-14(19(27)23-17-10-9-16(28-2)13-18(17)29-3)26-20(22)24-25-21(26)30-12-11-15-7-5-4-6-8-15/h4-10,13-14H,11-12H2,1-3H3,(H2,22,24)(H,23,27). The van der Waals surface area contributed by atoms with Crippen molar-refractivity contribution in [1.29, 1.82) is 0 Å². The van der Waals surface area contributed by atoms with E-state index in [0.29, 0.717) is 22.3 Å². The Morgan fingerprint density at radius 1 is 1.17 bits per heavy atom. The van der Waals surface area contributed by atoms with Gasteiger partial charge in [-0.1, -0.05) is 42.1 Å². The van der Waals surface area contributed by atoms with E-state index < -0.39 is 6.04 Å². The van der Waals surface area contributed by atoms with Gasteiger partial charge in [0.05, 0.1) is 19.9 Å². The molecule has 3 rings (SSSR count). The lowest BCUT2D eigenvalue weighted by Crippen LogP contribution is -2.25. The molecule has 1 unspecified atom stereocenters. The van der Waals surface area contributed by atoms with E-state index in [9.17, 15) is 4.79 Å². The number of nitrogen functional groups attached to an aromatic ring is 1. The second-order valence-electron chi connectivity index (χ2n) is 6.53. The lowest BCUT2D eigenvalue weighted by atomic mass is 10.2. The Bertz CT molecular complexity index is 994. The van der Waals surface area contributed by atoms with E-state index in [-0.39, 0.29) is 11.9 Å². The first-order valence-corrected chi connectivity index (χ1v) is 10.4. The fourth-order valence-corrected chi connectivity index (χ4v) is 3.92. The SMILES string of the molecule is COc1ccc(NC(=O)C(C)n2c(N)nnc2SCCc2ccccc2)c(OC)c1. The van der Waals surface area contributed by atoms with Gasteiger partial charge in [-0.05, 0) is 31.0 Å². The van der Waals surface area contributed by atoms with Gasteiger partial charge in [-0.2, -0.15) is 0 Å². The number of rotatable bonds is 9. The zero-order valence-corrected chi connectivity index (χ0v) is 18.0. The second kappa shape index (κ2) is 10.0. The van der Waals surface area contributed by atoms with Crippen molar-refractivity contribution in [3.8, 4) is 11.5 Å². The van der Waals surface area contributed by atoms with Crippen LogP contribution in [0.1, 0.15) is 18.5 Å². The van der Waals surface area contributed by atoms with E-state index in [1.54, 1.807) is 36.8 Å². The Hall–Kier alpha value is -3.20. The Balaban J connectivity index is 1.69. The number of hydrogen-bond acceptors (Lipinski definition) is 7. The third-order valence-electron chi connectivity index (χ3n) is 4.59. The molecule has 2 aromatic carbocycles. The summed E-state index contributed by atoms with van der Waals surface area (Å²) in [5.41, 5.74) is 7.78. The van der Waals surface area contributed by atoms with Gasteiger partial charge in [0.2, 0.25) is 11.9 Å². The van der Waals surface area contributed by atoms with Gasteiger partial charge in [0.1, 0.15) is 17.5 Å². The van der Waals surface area contributed by atoms with Gasteiger partial charge in [0.25, 0.3) is 0 Å². The van der Waals surface area contributed by atoms with Gasteiger partial charge >= 0.3 is 0 Å². The summed E-state index contributed by atoms with van der Waals surface area (Å²) >= 11 is 1.52. The number of benzene rings is 2. The molecule has 158 valence electrons. The predicted octanol–water partition coefficient (Wildman–Crippen LogP) is 3.41. The highest BCUT2D eigenvalue weighted by Gasteiger charge is 2.23. The van der Waals surface area contributed by atoms with Gasteiger partial charge in [0.15, 0.2) is 5.16 Å². The number of thioether (sulfide) groups is 1. The third kappa shape index (κ3) is 5.04. The molecule has 30 heavy (non-hydrogen) atoms. The summed E-state index contributed by atoms with van der Waals surface area (Å²) in [5.74, 6) is 1.88. The highest BCUT2D eigenvalue weighted by molar-refractivity contribution is 7.99. The zero-order chi connectivity index (χ0) is 21.5. The first-order valence-electron chi connectivity index (χ1n) is 9.43. The Morgan fingerprint density at radius 2 is 1.93 bits per heavy atom. The summed E-state index contributed by atoms with van der Waals surface area (Å²) in [7, 11) is 3.11. The summed E-state index contributed by atoms with van der Waals surface area (Å²) in [6.45, 7) is 1.76. The molecular weight excluding hydrogens is 402 g/mol. The Labute approximate surface area is 179 Å². The van der Waals surface area contributed by atoms with Gasteiger partial charge in [-0.15, -0.1) is 10.2 Å². The number of aromatic nitrogens is 3. The number of methoxy groups -OCH3 is 2. The summed E-state index contributed by atoms with van der Waals surface area (Å²) < 4.78 is 12.2. The summed E-state index contributed by atoms with van der Waals surface area (Å²) in [4.78, 5) is 12.9. The maximum Gasteiger partial charge on any atom is 0.247 e. The Morgan fingerprint density at radius 3 is 2.63 bits per heavy atom. The molecule has 0 saturated heterocycles. The van der Waals surface area contributed by atoms with Crippen LogP contribution < -0.4 is 20.5 Å². The van der Waals surface area contributed by atoms with E-state index in [2.05, 4.69) is 27.6 Å². The molecule has 0 aliphatic heterocycles. The summed E-state index contributed by atoms with van der Waals surface area (Å²) in [6.07, 6.45) is 0.877. The van der Waals surface area contributed by atoms with Crippen LogP contribution in [0.2, 0.25) is 0 Å². The molecule has 0 fully saturated rings. The second-order valence-corrected chi connectivity index (χ2v) is 7.59. The van der Waals surface area contributed by atoms with Crippen LogP contribution in [0.3, 0.4) is 0 Å². The van der Waals surface area contributed by atoms with E-state index in [1.807, 2.05) is 18.2 Å². The molecule has 3 N–H and O–H groups in total. The van der Waals surface area contributed by atoms with Crippen molar-refractivity contribution in [3.63, 3.8) is 0 Å². The lowest BCUT2D eigenvalue weighted by Gasteiger charge is -2.18. The Kier molecular flexibility index (Phi) is 7.18. The first-order chi connectivity index (χ1) is 14.5. The number of hydrogen-bond donors (Lipinski definition) is 2. The molecule has 1 amide bonds. The lowest BCUT2D eigenvalue weighted by molar-refractivity contribution is -0.118.